The van der Waals surface area contributed by atoms with Gasteiger partial charge >= 0.3 is 5.97 Å². The summed E-state index contributed by atoms with van der Waals surface area (Å²) in [6.07, 6.45) is 8.21. The Balaban J connectivity index is 1.29. The number of benzene rings is 2. The van der Waals surface area contributed by atoms with Crippen molar-refractivity contribution in [2.75, 3.05) is 0 Å². The Bertz CT molecular complexity index is 1290. The molecule has 3 aromatic rings. The van der Waals surface area contributed by atoms with E-state index in [1.54, 1.807) is 6.07 Å². The maximum atomic E-state index is 13.2. The molecule has 0 atom stereocenters. The average Bonchev–Trinajstić information content (AvgIpc) is 3.26. The molecule has 186 valence electrons. The molecular weight excluding hydrogens is 452 g/mol. The SMILES string of the molecule is Cc1ccc(C(=O)c2cccn2C2(CCc3cccc(C(=O)NC4(C(=O)O)CCCC4)c3)CC2)cc1. The zero-order valence-electron chi connectivity index (χ0n) is 20.6. The van der Waals surface area contributed by atoms with Crippen LogP contribution in [0.3, 0.4) is 0 Å². The summed E-state index contributed by atoms with van der Waals surface area (Å²) in [5, 5.41) is 12.5. The van der Waals surface area contributed by atoms with Crippen LogP contribution in [0.15, 0.2) is 66.9 Å². The largest absolute Gasteiger partial charge is 0.480 e. The highest BCUT2D eigenvalue weighted by atomic mass is 16.4. The fourth-order valence-corrected chi connectivity index (χ4v) is 5.49. The molecular formula is C30H32N2O4. The lowest BCUT2D eigenvalue weighted by Crippen LogP contribution is -2.52. The number of ketones is 1. The standard InChI is InChI=1S/C30H32N2O4/c1-21-9-11-23(12-10-21)26(33)25-8-5-19-32(25)29(17-18-29)16-13-22-6-4-7-24(20-22)27(34)31-30(28(35)36)14-2-3-15-30/h4-12,19-20H,2-3,13-18H2,1H3,(H,31,34)(H,35,36). The Morgan fingerprint density at radius 1 is 0.917 bits per heavy atom. The first-order chi connectivity index (χ1) is 17.3. The number of hydrogen-bond acceptors (Lipinski definition) is 3. The zero-order chi connectivity index (χ0) is 25.3. The van der Waals surface area contributed by atoms with Crippen LogP contribution in [0.4, 0.5) is 0 Å². The quantitative estimate of drug-likeness (QED) is 0.405. The van der Waals surface area contributed by atoms with E-state index < -0.39 is 11.5 Å². The number of amides is 1. The Labute approximate surface area is 211 Å². The molecule has 2 fully saturated rings. The number of carbonyl (C=O) groups is 3. The van der Waals surface area contributed by atoms with Crippen LogP contribution in [0.2, 0.25) is 0 Å². The molecule has 1 amide bonds. The molecule has 5 rings (SSSR count). The van der Waals surface area contributed by atoms with Gasteiger partial charge in [0.15, 0.2) is 0 Å². The number of rotatable bonds is 9. The first-order valence-electron chi connectivity index (χ1n) is 12.8. The van der Waals surface area contributed by atoms with Crippen molar-refractivity contribution in [3.05, 3.63) is 94.8 Å². The first-order valence-corrected chi connectivity index (χ1v) is 12.8. The van der Waals surface area contributed by atoms with E-state index in [9.17, 15) is 19.5 Å². The lowest BCUT2D eigenvalue weighted by Gasteiger charge is -2.25. The van der Waals surface area contributed by atoms with Crippen molar-refractivity contribution in [1.82, 2.24) is 9.88 Å². The Hall–Kier alpha value is -3.67. The molecule has 2 aliphatic carbocycles. The first kappa shape index (κ1) is 24.0. The maximum absolute atomic E-state index is 13.2. The van der Waals surface area contributed by atoms with Gasteiger partial charge in [-0.1, -0.05) is 54.8 Å². The van der Waals surface area contributed by atoms with Crippen molar-refractivity contribution in [2.24, 2.45) is 0 Å². The van der Waals surface area contributed by atoms with Gasteiger partial charge in [-0.2, -0.15) is 0 Å². The smallest absolute Gasteiger partial charge is 0.329 e. The highest BCUT2D eigenvalue weighted by molar-refractivity contribution is 6.08. The third-order valence-corrected chi connectivity index (χ3v) is 7.92. The monoisotopic (exact) mass is 484 g/mol. The normalized spacial score (nSPS) is 17.5. The summed E-state index contributed by atoms with van der Waals surface area (Å²) in [7, 11) is 0. The van der Waals surface area contributed by atoms with Crippen molar-refractivity contribution < 1.29 is 19.5 Å². The van der Waals surface area contributed by atoms with Crippen LogP contribution < -0.4 is 5.32 Å². The van der Waals surface area contributed by atoms with Gasteiger partial charge in [-0.3, -0.25) is 9.59 Å². The van der Waals surface area contributed by atoms with Gasteiger partial charge in [-0.05, 0) is 75.3 Å². The number of aryl methyl sites for hydroxylation is 2. The molecule has 6 nitrogen and oxygen atoms in total. The molecule has 36 heavy (non-hydrogen) atoms. The molecule has 2 aromatic carbocycles. The van der Waals surface area contributed by atoms with Crippen LogP contribution in [0.1, 0.15) is 82.5 Å². The van der Waals surface area contributed by atoms with E-state index in [2.05, 4.69) is 9.88 Å². The van der Waals surface area contributed by atoms with Gasteiger partial charge < -0.3 is 15.0 Å². The topological polar surface area (TPSA) is 88.4 Å². The number of aliphatic carboxylic acids is 1. The highest BCUT2D eigenvalue weighted by Crippen LogP contribution is 2.48. The van der Waals surface area contributed by atoms with Gasteiger partial charge in [0.2, 0.25) is 5.78 Å². The number of carboxylic acid groups (broad SMARTS) is 1. The second-order valence-corrected chi connectivity index (χ2v) is 10.4. The summed E-state index contributed by atoms with van der Waals surface area (Å²) in [6, 6.07) is 19.0. The van der Waals surface area contributed by atoms with Crippen molar-refractivity contribution in [2.45, 2.75) is 69.4 Å². The van der Waals surface area contributed by atoms with Crippen LogP contribution in [0.5, 0.6) is 0 Å². The summed E-state index contributed by atoms with van der Waals surface area (Å²) < 4.78 is 2.14. The van der Waals surface area contributed by atoms with E-state index in [1.165, 1.54) is 0 Å². The number of carbonyl (C=O) groups excluding carboxylic acids is 2. The maximum Gasteiger partial charge on any atom is 0.329 e. The van der Waals surface area contributed by atoms with E-state index in [-0.39, 0.29) is 17.2 Å². The molecule has 0 unspecified atom stereocenters. The van der Waals surface area contributed by atoms with Crippen LogP contribution in [-0.4, -0.2) is 32.9 Å². The third kappa shape index (κ3) is 4.60. The lowest BCUT2D eigenvalue weighted by atomic mass is 9.96. The Kier molecular flexibility index (Phi) is 6.29. The molecule has 0 aliphatic heterocycles. The minimum absolute atomic E-state index is 0.0317. The molecule has 0 radical (unpaired) electrons. The molecule has 0 saturated heterocycles. The number of hydrogen-bond donors (Lipinski definition) is 2. The molecule has 1 heterocycles. The predicted molar refractivity (Wildman–Crippen MR) is 137 cm³/mol. The van der Waals surface area contributed by atoms with Crippen molar-refractivity contribution in [1.29, 1.82) is 0 Å². The summed E-state index contributed by atoms with van der Waals surface area (Å²) in [5.74, 6) is -1.26. The Morgan fingerprint density at radius 2 is 1.64 bits per heavy atom. The van der Waals surface area contributed by atoms with Crippen molar-refractivity contribution >= 4 is 17.7 Å². The summed E-state index contributed by atoms with van der Waals surface area (Å²) in [6.45, 7) is 2.01. The van der Waals surface area contributed by atoms with Gasteiger partial charge in [0.25, 0.3) is 5.91 Å². The molecule has 2 saturated carbocycles. The zero-order valence-corrected chi connectivity index (χ0v) is 20.6. The van der Waals surface area contributed by atoms with Crippen LogP contribution in [-0.2, 0) is 16.8 Å². The molecule has 6 heteroatoms. The van der Waals surface area contributed by atoms with Gasteiger partial charge in [0, 0.05) is 22.9 Å². The molecule has 2 N–H and O–H groups in total. The molecule has 0 bridgehead atoms. The van der Waals surface area contributed by atoms with Crippen molar-refractivity contribution in [3.8, 4) is 0 Å². The van der Waals surface area contributed by atoms with Crippen LogP contribution in [0.25, 0.3) is 0 Å². The second kappa shape index (κ2) is 9.41. The number of aromatic nitrogens is 1. The van der Waals surface area contributed by atoms with E-state index in [1.807, 2.05) is 67.7 Å². The minimum Gasteiger partial charge on any atom is -0.480 e. The predicted octanol–water partition coefficient (Wildman–Crippen LogP) is 5.28. The summed E-state index contributed by atoms with van der Waals surface area (Å²) >= 11 is 0. The van der Waals surface area contributed by atoms with Crippen LogP contribution in [0, 0.1) is 6.92 Å². The number of nitrogens with one attached hydrogen (secondary N) is 1. The fraction of sp³-hybridized carbons (Fsp3) is 0.367. The van der Waals surface area contributed by atoms with E-state index >= 15 is 0 Å². The minimum atomic E-state index is -1.15. The Morgan fingerprint density at radius 3 is 2.31 bits per heavy atom. The van der Waals surface area contributed by atoms with E-state index in [0.29, 0.717) is 29.7 Å². The third-order valence-electron chi connectivity index (χ3n) is 7.92. The van der Waals surface area contributed by atoms with Gasteiger partial charge in [-0.15, -0.1) is 0 Å². The molecule has 0 spiro atoms. The van der Waals surface area contributed by atoms with Gasteiger partial charge in [0.05, 0.1) is 5.69 Å². The molecule has 1 aromatic heterocycles. The summed E-state index contributed by atoms with van der Waals surface area (Å²) in [4.78, 5) is 38.0. The van der Waals surface area contributed by atoms with E-state index in [4.69, 9.17) is 0 Å². The lowest BCUT2D eigenvalue weighted by molar-refractivity contribution is -0.144. The average molecular weight is 485 g/mol. The van der Waals surface area contributed by atoms with Crippen LogP contribution >= 0.6 is 0 Å². The van der Waals surface area contributed by atoms with E-state index in [0.717, 1.165) is 49.7 Å². The summed E-state index contributed by atoms with van der Waals surface area (Å²) in [5.41, 5.74) is 2.80. The second-order valence-electron chi connectivity index (χ2n) is 10.4. The molecule has 2 aliphatic rings. The number of nitrogens with zero attached hydrogens (tertiary/aromatic N) is 1. The highest BCUT2D eigenvalue weighted by Gasteiger charge is 2.45. The number of carboxylic acids is 1. The van der Waals surface area contributed by atoms with Crippen molar-refractivity contribution in [3.63, 3.8) is 0 Å². The van der Waals surface area contributed by atoms with Gasteiger partial charge in [-0.25, -0.2) is 4.79 Å². The van der Waals surface area contributed by atoms with Gasteiger partial charge in [0.1, 0.15) is 5.54 Å². The fourth-order valence-electron chi connectivity index (χ4n) is 5.49.